The van der Waals surface area contributed by atoms with Crippen molar-refractivity contribution in [2.45, 2.75) is 0 Å². The molecule has 0 aliphatic carbocycles. The Bertz CT molecular complexity index is 2200. The Labute approximate surface area is 233 Å². The first-order valence-electron chi connectivity index (χ1n) is 13.1. The highest BCUT2D eigenvalue weighted by Gasteiger charge is 2.18. The van der Waals surface area contributed by atoms with Gasteiger partial charge in [0.2, 0.25) is 0 Å². The first-order valence-corrected chi connectivity index (χ1v) is 13.8. The summed E-state index contributed by atoms with van der Waals surface area (Å²) in [5.41, 5.74) is 9.96. The van der Waals surface area contributed by atoms with Crippen LogP contribution in [-0.2, 0) is 0 Å². The average Bonchev–Trinajstić information content (AvgIpc) is 3.53. The highest BCUT2D eigenvalue weighted by molar-refractivity contribution is 9.10. The first-order chi connectivity index (χ1) is 19.3. The third-order valence-corrected chi connectivity index (χ3v) is 8.17. The van der Waals surface area contributed by atoms with Crippen molar-refractivity contribution in [3.63, 3.8) is 0 Å². The van der Waals surface area contributed by atoms with Gasteiger partial charge in [0.05, 0.1) is 16.7 Å². The number of rotatable bonds is 3. The Morgan fingerprint density at radius 1 is 0.487 bits per heavy atom. The quantitative estimate of drug-likeness (QED) is 0.209. The molecule has 0 N–H and O–H groups in total. The molecule has 39 heavy (non-hydrogen) atoms. The second-order valence-corrected chi connectivity index (χ2v) is 10.8. The first kappa shape index (κ1) is 22.4. The van der Waals surface area contributed by atoms with Gasteiger partial charge in [0.15, 0.2) is 5.58 Å². The molecule has 8 aromatic rings. The molecule has 0 atom stereocenters. The number of nitrogens with zero attached hydrogens (tertiary/aromatic N) is 1. The molecule has 0 saturated carbocycles. The van der Waals surface area contributed by atoms with E-state index in [4.69, 9.17) is 4.42 Å². The molecule has 0 spiro atoms. The van der Waals surface area contributed by atoms with Crippen LogP contribution >= 0.6 is 15.9 Å². The third kappa shape index (κ3) is 3.47. The van der Waals surface area contributed by atoms with Crippen LogP contribution in [0.2, 0.25) is 0 Å². The van der Waals surface area contributed by atoms with Gasteiger partial charge in [-0.2, -0.15) is 0 Å². The van der Waals surface area contributed by atoms with Gasteiger partial charge in [-0.25, -0.2) is 0 Å². The molecule has 3 heteroatoms. The van der Waals surface area contributed by atoms with Gasteiger partial charge in [-0.05, 0) is 58.7 Å². The fourth-order valence-electron chi connectivity index (χ4n) is 5.95. The molecule has 0 bridgehead atoms. The number of aromatic nitrogens is 1. The highest BCUT2D eigenvalue weighted by atomic mass is 79.9. The zero-order chi connectivity index (χ0) is 25.9. The summed E-state index contributed by atoms with van der Waals surface area (Å²) >= 11 is 3.65. The molecular formula is C36H22BrNO. The van der Waals surface area contributed by atoms with Crippen molar-refractivity contribution >= 4 is 59.7 Å². The molecule has 0 amide bonds. The van der Waals surface area contributed by atoms with E-state index in [0.29, 0.717) is 0 Å². The summed E-state index contributed by atoms with van der Waals surface area (Å²) < 4.78 is 9.92. The molecule has 0 aliphatic rings. The highest BCUT2D eigenvalue weighted by Crippen LogP contribution is 2.40. The van der Waals surface area contributed by atoms with E-state index in [2.05, 4.69) is 142 Å². The van der Waals surface area contributed by atoms with Crippen LogP contribution in [0.1, 0.15) is 0 Å². The lowest BCUT2D eigenvalue weighted by Crippen LogP contribution is -1.94. The van der Waals surface area contributed by atoms with Crippen molar-refractivity contribution < 1.29 is 4.42 Å². The van der Waals surface area contributed by atoms with E-state index < -0.39 is 0 Å². The van der Waals surface area contributed by atoms with Gasteiger partial charge < -0.3 is 8.98 Å². The number of furan rings is 1. The second kappa shape index (κ2) is 8.72. The molecule has 6 aromatic carbocycles. The van der Waals surface area contributed by atoms with Crippen LogP contribution in [0, 0.1) is 0 Å². The van der Waals surface area contributed by atoms with Crippen molar-refractivity contribution in [3.05, 3.63) is 138 Å². The van der Waals surface area contributed by atoms with Crippen LogP contribution in [0.3, 0.4) is 0 Å². The zero-order valence-corrected chi connectivity index (χ0v) is 22.5. The van der Waals surface area contributed by atoms with Crippen LogP contribution < -0.4 is 0 Å². The topological polar surface area (TPSA) is 18.1 Å². The third-order valence-electron chi connectivity index (χ3n) is 7.67. The maximum absolute atomic E-state index is 6.48. The molecule has 2 nitrogen and oxygen atoms in total. The van der Waals surface area contributed by atoms with E-state index in [1.165, 1.54) is 33.0 Å². The van der Waals surface area contributed by atoms with E-state index >= 15 is 0 Å². The summed E-state index contributed by atoms with van der Waals surface area (Å²) in [6.45, 7) is 0. The molecule has 0 radical (unpaired) electrons. The summed E-state index contributed by atoms with van der Waals surface area (Å²) in [5, 5.41) is 4.72. The van der Waals surface area contributed by atoms with Gasteiger partial charge in [-0.1, -0.05) is 113 Å². The number of para-hydroxylation sites is 3. The molecule has 184 valence electrons. The second-order valence-electron chi connectivity index (χ2n) is 9.89. The standard InChI is InChI=1S/C36H22BrNO/c37-25-10-7-9-23(21-25)26-11-1-2-12-27(26)24-19-20-29-28-13-3-5-16-32(28)38(34(29)22-24)33-17-8-15-31-30-14-4-6-18-35(30)39-36(31)33/h1-22H. The van der Waals surface area contributed by atoms with Gasteiger partial charge in [-0.3, -0.25) is 0 Å². The predicted octanol–water partition coefficient (Wildman–Crippen LogP) is 10.8. The maximum Gasteiger partial charge on any atom is 0.159 e. The van der Waals surface area contributed by atoms with Crippen LogP contribution in [0.5, 0.6) is 0 Å². The maximum atomic E-state index is 6.48. The number of hydrogen-bond donors (Lipinski definition) is 0. The number of fused-ring (bicyclic) bond motifs is 6. The van der Waals surface area contributed by atoms with Gasteiger partial charge >= 0.3 is 0 Å². The van der Waals surface area contributed by atoms with Crippen LogP contribution in [-0.4, -0.2) is 4.57 Å². The largest absolute Gasteiger partial charge is 0.454 e. The summed E-state index contributed by atoms with van der Waals surface area (Å²) in [5.74, 6) is 0. The predicted molar refractivity (Wildman–Crippen MR) is 167 cm³/mol. The lowest BCUT2D eigenvalue weighted by molar-refractivity contribution is 0.666. The molecule has 0 aliphatic heterocycles. The summed E-state index contributed by atoms with van der Waals surface area (Å²) in [4.78, 5) is 0. The monoisotopic (exact) mass is 563 g/mol. The number of benzene rings is 6. The fraction of sp³-hybridized carbons (Fsp3) is 0. The molecule has 0 unspecified atom stereocenters. The zero-order valence-electron chi connectivity index (χ0n) is 20.9. The van der Waals surface area contributed by atoms with Crippen molar-refractivity contribution in [3.8, 4) is 27.9 Å². The fourth-order valence-corrected chi connectivity index (χ4v) is 6.35. The smallest absolute Gasteiger partial charge is 0.159 e. The minimum Gasteiger partial charge on any atom is -0.454 e. The van der Waals surface area contributed by atoms with E-state index in [0.717, 1.165) is 43.1 Å². The van der Waals surface area contributed by atoms with E-state index in [1.54, 1.807) is 0 Å². The Balaban J connectivity index is 1.44. The molecule has 2 aromatic heterocycles. The average molecular weight is 564 g/mol. The Hall–Kier alpha value is -4.60. The van der Waals surface area contributed by atoms with Crippen molar-refractivity contribution in [1.82, 2.24) is 4.57 Å². The lowest BCUT2D eigenvalue weighted by Gasteiger charge is -2.12. The lowest BCUT2D eigenvalue weighted by atomic mass is 9.94. The molecular weight excluding hydrogens is 542 g/mol. The normalized spacial score (nSPS) is 11.7. The summed E-state index contributed by atoms with van der Waals surface area (Å²) in [6.07, 6.45) is 0. The number of halogens is 1. The van der Waals surface area contributed by atoms with Gasteiger partial charge in [-0.15, -0.1) is 0 Å². The van der Waals surface area contributed by atoms with Crippen molar-refractivity contribution in [2.24, 2.45) is 0 Å². The minimum absolute atomic E-state index is 0.904. The van der Waals surface area contributed by atoms with Crippen molar-refractivity contribution in [1.29, 1.82) is 0 Å². The Morgan fingerprint density at radius 2 is 1.15 bits per heavy atom. The molecule has 8 rings (SSSR count). The Kier molecular flexibility index (Phi) is 5.01. The van der Waals surface area contributed by atoms with Gasteiger partial charge in [0.1, 0.15) is 5.58 Å². The number of hydrogen-bond acceptors (Lipinski definition) is 1. The van der Waals surface area contributed by atoms with E-state index in [9.17, 15) is 0 Å². The van der Waals surface area contributed by atoms with E-state index in [1.807, 2.05) is 12.1 Å². The van der Waals surface area contributed by atoms with Crippen LogP contribution in [0.25, 0.3) is 71.7 Å². The van der Waals surface area contributed by atoms with Crippen LogP contribution in [0.4, 0.5) is 0 Å². The Morgan fingerprint density at radius 3 is 2.00 bits per heavy atom. The van der Waals surface area contributed by atoms with Gasteiger partial charge in [0.25, 0.3) is 0 Å². The van der Waals surface area contributed by atoms with Crippen molar-refractivity contribution in [2.75, 3.05) is 0 Å². The minimum atomic E-state index is 0.904. The van der Waals surface area contributed by atoms with Crippen LogP contribution in [0.15, 0.2) is 142 Å². The molecule has 0 fully saturated rings. The SMILES string of the molecule is Brc1cccc(-c2ccccc2-c2ccc3c4ccccc4n(-c4cccc5c4oc4ccccc45)c3c2)c1. The van der Waals surface area contributed by atoms with E-state index in [-0.39, 0.29) is 0 Å². The summed E-state index contributed by atoms with van der Waals surface area (Å²) in [7, 11) is 0. The van der Waals surface area contributed by atoms with Gasteiger partial charge in [0, 0.05) is 26.0 Å². The molecule has 0 saturated heterocycles. The summed E-state index contributed by atoms with van der Waals surface area (Å²) in [6, 6.07) is 47.3. The molecule has 2 heterocycles.